The number of methoxy groups -OCH3 is 1. The zero-order chi connectivity index (χ0) is 23.1. The molecule has 3 aromatic heterocycles. The Labute approximate surface area is 201 Å². The minimum Gasteiger partial charge on any atom is -0.381 e. The van der Waals surface area contributed by atoms with Crippen molar-refractivity contribution < 1.29 is 4.74 Å². The first kappa shape index (κ1) is 21.8. The third-order valence-corrected chi connectivity index (χ3v) is 7.75. The highest BCUT2D eigenvalue weighted by Crippen LogP contribution is 2.30. The second-order valence-corrected chi connectivity index (χ2v) is 10.1. The highest BCUT2D eigenvalue weighted by molar-refractivity contribution is 5.67. The molecule has 6 rings (SSSR count). The van der Waals surface area contributed by atoms with Crippen molar-refractivity contribution in [2.75, 3.05) is 30.4 Å². The molecule has 2 fully saturated rings. The standard InChI is InChI=1S/C26H35N7O/c1-17-26(29-21-8-4-3-7-20(21)27-17)22-15-24-30-23(32-13-5-6-14-32)16-25(33(24)31-22)28-18-9-11-19(34-2)12-10-18/h15-16,18-19,28H,3-14H2,1-2H3. The zero-order valence-corrected chi connectivity index (χ0v) is 20.4. The largest absolute Gasteiger partial charge is 0.381 e. The summed E-state index contributed by atoms with van der Waals surface area (Å²) >= 11 is 0. The maximum atomic E-state index is 5.57. The van der Waals surface area contributed by atoms with Gasteiger partial charge in [0.15, 0.2) is 5.65 Å². The van der Waals surface area contributed by atoms with Gasteiger partial charge in [-0.2, -0.15) is 9.61 Å². The van der Waals surface area contributed by atoms with Gasteiger partial charge in [0, 0.05) is 38.4 Å². The molecule has 34 heavy (non-hydrogen) atoms. The van der Waals surface area contributed by atoms with Gasteiger partial charge in [0.1, 0.15) is 23.0 Å². The van der Waals surface area contributed by atoms with Crippen LogP contribution in [-0.4, -0.2) is 56.9 Å². The summed E-state index contributed by atoms with van der Waals surface area (Å²) in [6.07, 6.45) is 11.7. The van der Waals surface area contributed by atoms with E-state index >= 15 is 0 Å². The van der Waals surface area contributed by atoms with Crippen LogP contribution in [0.15, 0.2) is 12.1 Å². The molecule has 1 N–H and O–H groups in total. The molecule has 0 bridgehead atoms. The lowest BCUT2D eigenvalue weighted by Crippen LogP contribution is -2.30. The van der Waals surface area contributed by atoms with E-state index in [9.17, 15) is 0 Å². The normalized spacial score (nSPS) is 22.8. The Morgan fingerprint density at radius 3 is 2.38 bits per heavy atom. The van der Waals surface area contributed by atoms with Crippen molar-refractivity contribution in [3.63, 3.8) is 0 Å². The van der Waals surface area contributed by atoms with Crippen LogP contribution in [0.5, 0.6) is 0 Å². The predicted octanol–water partition coefficient (Wildman–Crippen LogP) is 4.34. The number of anilines is 2. The average molecular weight is 462 g/mol. The van der Waals surface area contributed by atoms with Crippen LogP contribution in [0.3, 0.4) is 0 Å². The summed E-state index contributed by atoms with van der Waals surface area (Å²) in [7, 11) is 1.82. The van der Waals surface area contributed by atoms with Gasteiger partial charge >= 0.3 is 0 Å². The molecule has 3 aliphatic rings. The number of nitrogens with one attached hydrogen (secondary N) is 1. The molecule has 0 radical (unpaired) electrons. The lowest BCUT2D eigenvalue weighted by molar-refractivity contribution is 0.0681. The van der Waals surface area contributed by atoms with E-state index in [4.69, 9.17) is 24.8 Å². The molecule has 3 aromatic rings. The monoisotopic (exact) mass is 461 g/mol. The minimum absolute atomic E-state index is 0.387. The van der Waals surface area contributed by atoms with Crippen molar-refractivity contribution >= 4 is 17.3 Å². The van der Waals surface area contributed by atoms with E-state index < -0.39 is 0 Å². The molecule has 0 spiro atoms. The molecule has 0 unspecified atom stereocenters. The fraction of sp³-hybridized carbons (Fsp3) is 0.615. The van der Waals surface area contributed by atoms with Crippen LogP contribution in [-0.2, 0) is 17.6 Å². The Kier molecular flexibility index (Phi) is 5.85. The van der Waals surface area contributed by atoms with Crippen molar-refractivity contribution in [2.24, 2.45) is 0 Å². The SMILES string of the molecule is COC1CCC(Nc2cc(N3CCCC3)nc3cc(-c4nc5c(nc4C)CCCC5)nn23)CC1. The fourth-order valence-corrected chi connectivity index (χ4v) is 5.77. The molecule has 1 aliphatic heterocycles. The number of aromatic nitrogens is 5. The average Bonchev–Trinajstić information content (AvgIpc) is 3.54. The first-order valence-electron chi connectivity index (χ1n) is 13.0. The van der Waals surface area contributed by atoms with Crippen LogP contribution in [0.2, 0.25) is 0 Å². The van der Waals surface area contributed by atoms with E-state index in [1.165, 1.54) is 31.4 Å². The van der Waals surface area contributed by atoms with E-state index in [-0.39, 0.29) is 0 Å². The van der Waals surface area contributed by atoms with Crippen LogP contribution in [0.4, 0.5) is 11.6 Å². The number of rotatable bonds is 5. The number of ether oxygens (including phenoxy) is 1. The fourth-order valence-electron chi connectivity index (χ4n) is 5.77. The van der Waals surface area contributed by atoms with Crippen molar-refractivity contribution in [3.05, 3.63) is 29.2 Å². The van der Waals surface area contributed by atoms with Gasteiger partial charge in [-0.15, -0.1) is 0 Å². The number of aryl methyl sites for hydroxylation is 3. The Bertz CT molecular complexity index is 1180. The zero-order valence-electron chi connectivity index (χ0n) is 20.4. The maximum absolute atomic E-state index is 5.57. The second kappa shape index (κ2) is 9.13. The number of hydrogen-bond acceptors (Lipinski definition) is 7. The van der Waals surface area contributed by atoms with Gasteiger partial charge in [-0.3, -0.25) is 4.98 Å². The number of nitrogens with zero attached hydrogens (tertiary/aromatic N) is 6. The molecule has 2 aliphatic carbocycles. The summed E-state index contributed by atoms with van der Waals surface area (Å²) in [5.41, 5.74) is 5.88. The number of fused-ring (bicyclic) bond motifs is 2. The molecule has 1 saturated carbocycles. The van der Waals surface area contributed by atoms with Gasteiger partial charge in [-0.1, -0.05) is 0 Å². The second-order valence-electron chi connectivity index (χ2n) is 10.1. The molecular formula is C26H35N7O. The summed E-state index contributed by atoms with van der Waals surface area (Å²) in [5, 5.41) is 8.81. The molecule has 8 nitrogen and oxygen atoms in total. The Morgan fingerprint density at radius 1 is 0.912 bits per heavy atom. The third kappa shape index (κ3) is 4.13. The molecular weight excluding hydrogens is 426 g/mol. The Balaban J connectivity index is 1.38. The molecule has 0 atom stereocenters. The van der Waals surface area contributed by atoms with Crippen molar-refractivity contribution in [1.82, 2.24) is 24.6 Å². The molecule has 180 valence electrons. The number of hydrogen-bond donors (Lipinski definition) is 1. The van der Waals surface area contributed by atoms with Crippen LogP contribution in [0.25, 0.3) is 17.0 Å². The van der Waals surface area contributed by atoms with Crippen LogP contribution >= 0.6 is 0 Å². The minimum atomic E-state index is 0.387. The van der Waals surface area contributed by atoms with Crippen molar-refractivity contribution in [3.8, 4) is 11.4 Å². The summed E-state index contributed by atoms with van der Waals surface area (Å²) in [6, 6.07) is 4.68. The molecule has 1 saturated heterocycles. The van der Waals surface area contributed by atoms with Gasteiger partial charge in [-0.05, 0) is 71.1 Å². The van der Waals surface area contributed by atoms with Gasteiger partial charge in [0.25, 0.3) is 0 Å². The van der Waals surface area contributed by atoms with Crippen LogP contribution in [0, 0.1) is 6.92 Å². The van der Waals surface area contributed by atoms with Crippen LogP contribution in [0.1, 0.15) is 68.4 Å². The smallest absolute Gasteiger partial charge is 0.160 e. The predicted molar refractivity (Wildman–Crippen MR) is 134 cm³/mol. The summed E-state index contributed by atoms with van der Waals surface area (Å²) in [4.78, 5) is 17.3. The van der Waals surface area contributed by atoms with E-state index in [1.807, 2.05) is 11.6 Å². The lowest BCUT2D eigenvalue weighted by Gasteiger charge is -2.29. The lowest BCUT2D eigenvalue weighted by atomic mass is 9.93. The van der Waals surface area contributed by atoms with E-state index in [1.54, 1.807) is 0 Å². The van der Waals surface area contributed by atoms with E-state index in [0.29, 0.717) is 12.1 Å². The molecule has 8 heteroatoms. The van der Waals surface area contributed by atoms with Gasteiger partial charge < -0.3 is 15.0 Å². The summed E-state index contributed by atoms with van der Waals surface area (Å²) in [6.45, 7) is 4.19. The Morgan fingerprint density at radius 2 is 1.65 bits per heavy atom. The van der Waals surface area contributed by atoms with E-state index in [0.717, 1.165) is 91.7 Å². The third-order valence-electron chi connectivity index (χ3n) is 7.75. The maximum Gasteiger partial charge on any atom is 0.160 e. The summed E-state index contributed by atoms with van der Waals surface area (Å²) in [5.74, 6) is 2.06. The van der Waals surface area contributed by atoms with Crippen molar-refractivity contribution in [1.29, 1.82) is 0 Å². The highest BCUT2D eigenvalue weighted by atomic mass is 16.5. The van der Waals surface area contributed by atoms with Crippen LogP contribution < -0.4 is 10.2 Å². The quantitative estimate of drug-likeness (QED) is 0.605. The molecule has 0 amide bonds. The van der Waals surface area contributed by atoms with Gasteiger partial charge in [0.2, 0.25) is 0 Å². The van der Waals surface area contributed by atoms with Gasteiger partial charge in [0.05, 0.1) is 23.2 Å². The Hall–Kier alpha value is -2.74. The van der Waals surface area contributed by atoms with Crippen molar-refractivity contribution in [2.45, 2.75) is 83.3 Å². The molecule has 0 aromatic carbocycles. The first-order valence-corrected chi connectivity index (χ1v) is 13.0. The summed E-state index contributed by atoms with van der Waals surface area (Å²) < 4.78 is 7.54. The molecule has 4 heterocycles. The van der Waals surface area contributed by atoms with Gasteiger partial charge in [-0.25, -0.2) is 9.97 Å². The topological polar surface area (TPSA) is 80.5 Å². The van der Waals surface area contributed by atoms with E-state index in [2.05, 4.69) is 29.3 Å². The first-order chi connectivity index (χ1) is 16.7. The highest BCUT2D eigenvalue weighted by Gasteiger charge is 2.24.